The zero-order valence-electron chi connectivity index (χ0n) is 6.49. The Hall–Kier alpha value is -1.14. The first-order chi connectivity index (χ1) is 6.36. The third-order valence-corrected chi connectivity index (χ3v) is 2.74. The van der Waals surface area contributed by atoms with Crippen LogP contribution in [0.3, 0.4) is 0 Å². The maximum Gasteiger partial charge on any atom is 0.263 e. The lowest BCUT2D eigenvalue weighted by molar-refractivity contribution is 0.881. The van der Waals surface area contributed by atoms with Crippen LogP contribution >= 0.6 is 22.9 Å². The summed E-state index contributed by atoms with van der Waals surface area (Å²) in [7, 11) is 0. The van der Waals surface area contributed by atoms with E-state index in [9.17, 15) is 0 Å². The monoisotopic (exact) mass is 215 g/mol. The number of tetrazole rings is 1. The third kappa shape index (κ3) is 1.96. The fraction of sp³-hybridized carbons (Fsp3) is 0.167. The molecule has 2 aromatic rings. The van der Waals surface area contributed by atoms with E-state index >= 15 is 0 Å². The number of aromatic amines is 1. The summed E-state index contributed by atoms with van der Waals surface area (Å²) in [6.07, 6.45) is 0. The van der Waals surface area contributed by atoms with Crippen LogP contribution < -0.4 is 5.32 Å². The van der Waals surface area contributed by atoms with Gasteiger partial charge in [0, 0.05) is 17.5 Å². The van der Waals surface area contributed by atoms with Crippen LogP contribution in [0.4, 0.5) is 5.95 Å². The summed E-state index contributed by atoms with van der Waals surface area (Å²) in [4.78, 5) is 0. The summed E-state index contributed by atoms with van der Waals surface area (Å²) in [5.41, 5.74) is 1.04. The number of nitrogens with one attached hydrogen (secondary N) is 2. The second-order valence-electron chi connectivity index (χ2n) is 2.33. The molecule has 7 heteroatoms. The Morgan fingerprint density at radius 2 is 2.46 bits per heavy atom. The fourth-order valence-corrected chi connectivity index (χ4v) is 1.90. The van der Waals surface area contributed by atoms with Gasteiger partial charge >= 0.3 is 0 Å². The fourth-order valence-electron chi connectivity index (χ4n) is 0.845. The standard InChI is InChI=1S/C6H6ClN5S/c7-5-3-13-2-4(5)1-8-6-9-11-12-10-6/h2-3H,1H2,(H2,8,9,10,11,12). The van der Waals surface area contributed by atoms with Gasteiger partial charge in [-0.25, -0.2) is 0 Å². The highest BCUT2D eigenvalue weighted by Crippen LogP contribution is 2.20. The molecule has 0 aliphatic rings. The van der Waals surface area contributed by atoms with Crippen molar-refractivity contribution in [1.29, 1.82) is 0 Å². The van der Waals surface area contributed by atoms with E-state index in [0.29, 0.717) is 12.5 Å². The smallest absolute Gasteiger partial charge is 0.263 e. The average Bonchev–Trinajstić information content (AvgIpc) is 2.72. The molecule has 2 N–H and O–H groups in total. The normalized spacial score (nSPS) is 10.2. The topological polar surface area (TPSA) is 66.5 Å². The van der Waals surface area contributed by atoms with Crippen LogP contribution in [0, 0.1) is 0 Å². The second kappa shape index (κ2) is 3.71. The van der Waals surface area contributed by atoms with Crippen molar-refractivity contribution >= 4 is 28.9 Å². The number of hydrogen-bond acceptors (Lipinski definition) is 5. The van der Waals surface area contributed by atoms with E-state index in [2.05, 4.69) is 25.9 Å². The van der Waals surface area contributed by atoms with Crippen LogP contribution in [0.2, 0.25) is 5.02 Å². The van der Waals surface area contributed by atoms with Gasteiger partial charge in [0.2, 0.25) is 0 Å². The molecule has 2 heterocycles. The number of H-pyrrole nitrogens is 1. The van der Waals surface area contributed by atoms with Crippen molar-refractivity contribution in [1.82, 2.24) is 20.6 Å². The summed E-state index contributed by atoms with van der Waals surface area (Å²) in [6.45, 7) is 0.613. The van der Waals surface area contributed by atoms with E-state index < -0.39 is 0 Å². The summed E-state index contributed by atoms with van der Waals surface area (Å²) in [6, 6.07) is 0. The molecule has 0 fully saturated rings. The molecular weight excluding hydrogens is 210 g/mol. The van der Waals surface area contributed by atoms with Crippen molar-refractivity contribution in [3.63, 3.8) is 0 Å². The molecular formula is C6H6ClN5S. The van der Waals surface area contributed by atoms with Gasteiger partial charge in [-0.2, -0.15) is 16.6 Å². The van der Waals surface area contributed by atoms with Gasteiger partial charge in [-0.1, -0.05) is 16.7 Å². The lowest BCUT2D eigenvalue weighted by Crippen LogP contribution is -2.00. The molecule has 0 saturated heterocycles. The van der Waals surface area contributed by atoms with Gasteiger partial charge in [0.1, 0.15) is 0 Å². The maximum atomic E-state index is 5.89. The van der Waals surface area contributed by atoms with Gasteiger partial charge in [0.25, 0.3) is 5.95 Å². The molecule has 68 valence electrons. The largest absolute Gasteiger partial charge is 0.347 e. The molecule has 0 saturated carbocycles. The minimum absolute atomic E-state index is 0.474. The Kier molecular flexibility index (Phi) is 2.42. The molecule has 13 heavy (non-hydrogen) atoms. The van der Waals surface area contributed by atoms with E-state index in [1.807, 2.05) is 10.8 Å². The molecule has 0 aliphatic carbocycles. The molecule has 0 radical (unpaired) electrons. The zero-order valence-corrected chi connectivity index (χ0v) is 8.06. The molecule has 0 unspecified atom stereocenters. The number of hydrogen-bond donors (Lipinski definition) is 2. The van der Waals surface area contributed by atoms with Gasteiger partial charge < -0.3 is 5.32 Å². The highest BCUT2D eigenvalue weighted by atomic mass is 35.5. The van der Waals surface area contributed by atoms with Crippen molar-refractivity contribution in [3.05, 3.63) is 21.3 Å². The first-order valence-electron chi connectivity index (χ1n) is 3.54. The zero-order chi connectivity index (χ0) is 9.10. The Morgan fingerprint density at radius 3 is 3.08 bits per heavy atom. The molecule has 2 rings (SSSR count). The summed E-state index contributed by atoms with van der Waals surface area (Å²) >= 11 is 7.45. The van der Waals surface area contributed by atoms with Crippen LogP contribution in [0.5, 0.6) is 0 Å². The summed E-state index contributed by atoms with van der Waals surface area (Å²) in [5.74, 6) is 0.474. The Labute approximate surface area is 83.1 Å². The van der Waals surface area contributed by atoms with Crippen molar-refractivity contribution in [2.24, 2.45) is 0 Å². The summed E-state index contributed by atoms with van der Waals surface area (Å²) < 4.78 is 0. The first-order valence-corrected chi connectivity index (χ1v) is 4.86. The van der Waals surface area contributed by atoms with Crippen LogP contribution in [-0.2, 0) is 6.54 Å². The number of rotatable bonds is 3. The van der Waals surface area contributed by atoms with Crippen molar-refractivity contribution in [3.8, 4) is 0 Å². The van der Waals surface area contributed by atoms with E-state index in [-0.39, 0.29) is 0 Å². The second-order valence-corrected chi connectivity index (χ2v) is 3.48. The predicted molar refractivity (Wildman–Crippen MR) is 50.8 cm³/mol. The Balaban J connectivity index is 1.97. The first kappa shape index (κ1) is 8.46. The lowest BCUT2D eigenvalue weighted by Gasteiger charge is -1.98. The Morgan fingerprint density at radius 1 is 1.54 bits per heavy atom. The predicted octanol–water partition coefficient (Wildman–Crippen LogP) is 1.53. The van der Waals surface area contributed by atoms with Crippen molar-refractivity contribution in [2.75, 3.05) is 5.32 Å². The van der Waals surface area contributed by atoms with Crippen molar-refractivity contribution in [2.45, 2.75) is 6.54 Å². The number of anilines is 1. The number of nitrogens with zero attached hydrogens (tertiary/aromatic N) is 3. The molecule has 2 aromatic heterocycles. The van der Waals surface area contributed by atoms with Crippen LogP contribution in [0.15, 0.2) is 10.8 Å². The Bertz CT molecular complexity index is 370. The molecule has 5 nitrogen and oxygen atoms in total. The van der Waals surface area contributed by atoms with Crippen LogP contribution in [-0.4, -0.2) is 20.6 Å². The molecule has 0 spiro atoms. The number of thiophene rings is 1. The molecule has 0 amide bonds. The average molecular weight is 216 g/mol. The van der Waals surface area contributed by atoms with Gasteiger partial charge in [-0.05, 0) is 10.6 Å². The quantitative estimate of drug-likeness (QED) is 0.815. The summed E-state index contributed by atoms with van der Waals surface area (Å²) in [5, 5.41) is 20.9. The van der Waals surface area contributed by atoms with E-state index in [1.165, 1.54) is 0 Å². The van der Waals surface area contributed by atoms with Gasteiger partial charge in [0.05, 0.1) is 5.02 Å². The maximum absolute atomic E-state index is 5.89. The van der Waals surface area contributed by atoms with Gasteiger partial charge in [-0.15, -0.1) is 5.10 Å². The molecule has 0 bridgehead atoms. The van der Waals surface area contributed by atoms with E-state index in [4.69, 9.17) is 11.6 Å². The number of aromatic nitrogens is 4. The third-order valence-electron chi connectivity index (χ3n) is 1.47. The van der Waals surface area contributed by atoms with Gasteiger partial charge in [-0.3, -0.25) is 0 Å². The number of halogens is 1. The van der Waals surface area contributed by atoms with Crippen molar-refractivity contribution < 1.29 is 0 Å². The molecule has 0 atom stereocenters. The van der Waals surface area contributed by atoms with Crippen LogP contribution in [0.25, 0.3) is 0 Å². The van der Waals surface area contributed by atoms with Gasteiger partial charge in [0.15, 0.2) is 0 Å². The van der Waals surface area contributed by atoms with E-state index in [1.54, 1.807) is 11.3 Å². The minimum Gasteiger partial charge on any atom is -0.347 e. The highest BCUT2D eigenvalue weighted by molar-refractivity contribution is 7.08. The lowest BCUT2D eigenvalue weighted by atomic mass is 10.3. The highest BCUT2D eigenvalue weighted by Gasteiger charge is 2.02. The van der Waals surface area contributed by atoms with Crippen LogP contribution in [0.1, 0.15) is 5.56 Å². The molecule has 0 aliphatic heterocycles. The van der Waals surface area contributed by atoms with E-state index in [0.717, 1.165) is 10.6 Å². The SMILES string of the molecule is Clc1cscc1CNc1nn[nH]n1. The minimum atomic E-state index is 0.474. The molecule has 0 aromatic carbocycles.